The summed E-state index contributed by atoms with van der Waals surface area (Å²) < 4.78 is 5.45. The summed E-state index contributed by atoms with van der Waals surface area (Å²) in [5.41, 5.74) is 3.56. The molecule has 0 aliphatic heterocycles. The quantitative estimate of drug-likeness (QED) is 0.341. The molecule has 146 valence electrons. The molecule has 1 N–H and O–H groups in total. The molecule has 1 heterocycles. The molecule has 0 atom stereocenters. The second-order valence-corrected chi connectivity index (χ2v) is 8.09. The maximum absolute atomic E-state index is 11.0. The van der Waals surface area contributed by atoms with Gasteiger partial charge in [0.1, 0.15) is 5.75 Å². The number of hydrogen-bond donors (Lipinski definition) is 1. The van der Waals surface area contributed by atoms with Crippen molar-refractivity contribution >= 4 is 35.0 Å². The number of thioether (sulfide) groups is 1. The first-order valence-electron chi connectivity index (χ1n) is 8.75. The lowest BCUT2D eigenvalue weighted by atomic mass is 9.98. The van der Waals surface area contributed by atoms with Crippen LogP contribution < -0.4 is 0 Å². The predicted octanol–water partition coefficient (Wildman–Crippen LogP) is 7.11. The van der Waals surface area contributed by atoms with Gasteiger partial charge in [0.05, 0.1) is 21.2 Å². The van der Waals surface area contributed by atoms with Crippen LogP contribution >= 0.6 is 35.0 Å². The Morgan fingerprint density at radius 3 is 2.34 bits per heavy atom. The molecular formula is C22H16Cl2N2O2S. The van der Waals surface area contributed by atoms with Crippen LogP contribution in [-0.4, -0.2) is 21.5 Å². The highest BCUT2D eigenvalue weighted by molar-refractivity contribution is 7.98. The molecule has 0 fully saturated rings. The first-order valence-corrected chi connectivity index (χ1v) is 10.7. The number of hydrogen-bond acceptors (Lipinski definition) is 5. The van der Waals surface area contributed by atoms with Gasteiger partial charge in [-0.25, -0.2) is 0 Å². The number of nitrogens with zero attached hydrogens (tertiary/aromatic N) is 2. The Kier molecular flexibility index (Phi) is 5.54. The van der Waals surface area contributed by atoms with Gasteiger partial charge in [-0.2, -0.15) is 4.98 Å². The number of phenolic OH excluding ortho intramolecular Hbond substituents is 1. The van der Waals surface area contributed by atoms with Crippen LogP contribution in [0.1, 0.15) is 5.56 Å². The first-order chi connectivity index (χ1) is 14.0. The van der Waals surface area contributed by atoms with Gasteiger partial charge in [-0.3, -0.25) is 0 Å². The molecule has 4 nitrogen and oxygen atoms in total. The Morgan fingerprint density at radius 2 is 1.62 bits per heavy atom. The van der Waals surface area contributed by atoms with Gasteiger partial charge in [-0.1, -0.05) is 52.6 Å². The Hall–Kier alpha value is -2.47. The zero-order valence-corrected chi connectivity index (χ0v) is 17.9. The fourth-order valence-electron chi connectivity index (χ4n) is 3.16. The van der Waals surface area contributed by atoms with Crippen molar-refractivity contribution in [3.05, 3.63) is 70.2 Å². The molecule has 3 aromatic carbocycles. The molecule has 0 unspecified atom stereocenters. The van der Waals surface area contributed by atoms with Crippen LogP contribution in [0.15, 0.2) is 64.0 Å². The van der Waals surface area contributed by atoms with Gasteiger partial charge in [0, 0.05) is 10.5 Å². The van der Waals surface area contributed by atoms with E-state index in [0.29, 0.717) is 26.7 Å². The smallest absolute Gasteiger partial charge is 0.262 e. The number of benzene rings is 3. The molecule has 0 aliphatic carbocycles. The Labute approximate surface area is 182 Å². The Morgan fingerprint density at radius 1 is 0.931 bits per heavy atom. The predicted molar refractivity (Wildman–Crippen MR) is 119 cm³/mol. The summed E-state index contributed by atoms with van der Waals surface area (Å²) in [6.07, 6.45) is 2.00. The van der Waals surface area contributed by atoms with E-state index in [1.165, 1.54) is 0 Å². The summed E-state index contributed by atoms with van der Waals surface area (Å²) in [5, 5.41) is 15.9. The minimum atomic E-state index is 0.0811. The second-order valence-electron chi connectivity index (χ2n) is 6.43. The van der Waals surface area contributed by atoms with E-state index in [9.17, 15) is 5.11 Å². The third-order valence-corrected chi connectivity index (χ3v) is 5.92. The highest BCUT2D eigenvalue weighted by Gasteiger charge is 2.21. The van der Waals surface area contributed by atoms with E-state index >= 15 is 0 Å². The summed E-state index contributed by atoms with van der Waals surface area (Å²) >= 11 is 14.1. The van der Waals surface area contributed by atoms with Gasteiger partial charge < -0.3 is 9.63 Å². The van der Waals surface area contributed by atoms with Crippen molar-refractivity contribution in [2.75, 3.05) is 6.26 Å². The molecule has 4 aromatic rings. The monoisotopic (exact) mass is 442 g/mol. The molecule has 29 heavy (non-hydrogen) atoms. The zero-order chi connectivity index (χ0) is 20.5. The van der Waals surface area contributed by atoms with Crippen molar-refractivity contribution in [3.63, 3.8) is 0 Å². The lowest BCUT2D eigenvalue weighted by molar-refractivity contribution is 0.426. The molecule has 4 rings (SSSR count). The molecule has 0 aliphatic rings. The summed E-state index contributed by atoms with van der Waals surface area (Å²) in [5.74, 6) is 0.542. The highest BCUT2D eigenvalue weighted by atomic mass is 35.5. The maximum Gasteiger partial charge on any atom is 0.262 e. The Bertz CT molecular complexity index is 1190. The van der Waals surface area contributed by atoms with Gasteiger partial charge in [0.15, 0.2) is 0 Å². The number of rotatable bonds is 4. The average molecular weight is 443 g/mol. The van der Waals surface area contributed by atoms with Crippen molar-refractivity contribution in [3.8, 4) is 39.7 Å². The van der Waals surface area contributed by atoms with Crippen LogP contribution in [0, 0.1) is 6.92 Å². The number of phenols is 1. The third-order valence-electron chi connectivity index (χ3n) is 4.49. The molecule has 1 aromatic heterocycles. The maximum atomic E-state index is 11.0. The minimum absolute atomic E-state index is 0.0811. The van der Waals surface area contributed by atoms with Gasteiger partial charge in [-0.05, 0) is 54.6 Å². The standard InChI is InChI=1S/C22H16Cl2N2O2S/c1-12-10-14(13-6-3-4-9-18(13)29-2)20(27)15(11-12)22-25-21(26-28-22)19-16(23)7-5-8-17(19)24/h3-11,27H,1-2H3. The van der Waals surface area contributed by atoms with E-state index < -0.39 is 0 Å². The number of aromatic nitrogens is 2. The van der Waals surface area contributed by atoms with Crippen LogP contribution in [0.5, 0.6) is 5.75 Å². The molecule has 0 spiro atoms. The van der Waals surface area contributed by atoms with Crippen LogP contribution in [0.25, 0.3) is 34.0 Å². The minimum Gasteiger partial charge on any atom is -0.506 e. The van der Waals surface area contributed by atoms with Crippen LogP contribution in [0.4, 0.5) is 0 Å². The first kappa shape index (κ1) is 19.8. The number of halogens is 2. The molecular weight excluding hydrogens is 427 g/mol. The number of aryl methyl sites for hydroxylation is 1. The topological polar surface area (TPSA) is 59.2 Å². The van der Waals surface area contributed by atoms with Crippen molar-refractivity contribution in [1.82, 2.24) is 10.1 Å². The second kappa shape index (κ2) is 8.11. The largest absolute Gasteiger partial charge is 0.506 e. The van der Waals surface area contributed by atoms with Gasteiger partial charge in [0.2, 0.25) is 5.82 Å². The average Bonchev–Trinajstić information content (AvgIpc) is 3.18. The molecule has 0 radical (unpaired) electrons. The van der Waals surface area contributed by atoms with Gasteiger partial charge in [0.25, 0.3) is 5.89 Å². The van der Waals surface area contributed by atoms with E-state index in [-0.39, 0.29) is 17.5 Å². The van der Waals surface area contributed by atoms with E-state index in [1.807, 2.05) is 49.6 Å². The van der Waals surface area contributed by atoms with Crippen LogP contribution in [0.2, 0.25) is 10.0 Å². The summed E-state index contributed by atoms with van der Waals surface area (Å²) in [4.78, 5) is 5.50. The Balaban J connectivity index is 1.86. The summed E-state index contributed by atoms with van der Waals surface area (Å²) in [6.45, 7) is 1.95. The summed E-state index contributed by atoms with van der Waals surface area (Å²) in [6, 6.07) is 16.8. The van der Waals surface area contributed by atoms with E-state index in [4.69, 9.17) is 27.7 Å². The van der Waals surface area contributed by atoms with E-state index in [0.717, 1.165) is 16.0 Å². The van der Waals surface area contributed by atoms with Crippen molar-refractivity contribution in [2.45, 2.75) is 11.8 Å². The van der Waals surface area contributed by atoms with Gasteiger partial charge in [-0.15, -0.1) is 11.8 Å². The third kappa shape index (κ3) is 3.73. The normalized spacial score (nSPS) is 11.0. The van der Waals surface area contributed by atoms with Gasteiger partial charge >= 0.3 is 0 Å². The van der Waals surface area contributed by atoms with E-state index in [2.05, 4.69) is 10.1 Å². The fraction of sp³-hybridized carbons (Fsp3) is 0.0909. The number of aromatic hydroxyl groups is 1. The molecule has 7 heteroatoms. The van der Waals surface area contributed by atoms with Crippen molar-refractivity contribution < 1.29 is 9.63 Å². The molecule has 0 saturated heterocycles. The molecule has 0 bridgehead atoms. The van der Waals surface area contributed by atoms with Crippen LogP contribution in [0.3, 0.4) is 0 Å². The fourth-order valence-corrected chi connectivity index (χ4v) is 4.34. The molecule has 0 amide bonds. The zero-order valence-electron chi connectivity index (χ0n) is 15.6. The SMILES string of the molecule is CSc1ccccc1-c1cc(C)cc(-c2nc(-c3c(Cl)cccc3Cl)no2)c1O. The highest BCUT2D eigenvalue weighted by Crippen LogP contribution is 2.42. The lowest BCUT2D eigenvalue weighted by Gasteiger charge is -2.12. The van der Waals surface area contributed by atoms with Crippen LogP contribution in [-0.2, 0) is 0 Å². The summed E-state index contributed by atoms with van der Waals surface area (Å²) in [7, 11) is 0. The molecule has 0 saturated carbocycles. The van der Waals surface area contributed by atoms with E-state index in [1.54, 1.807) is 30.0 Å². The van der Waals surface area contributed by atoms with Crippen molar-refractivity contribution in [1.29, 1.82) is 0 Å². The van der Waals surface area contributed by atoms with Crippen molar-refractivity contribution in [2.24, 2.45) is 0 Å². The lowest BCUT2D eigenvalue weighted by Crippen LogP contribution is -1.89.